The number of amides is 1. The van der Waals surface area contributed by atoms with E-state index in [2.05, 4.69) is 4.90 Å². The molecule has 1 amide bonds. The van der Waals surface area contributed by atoms with Gasteiger partial charge in [-0.05, 0) is 66.9 Å². The number of halogens is 2. The zero-order chi connectivity index (χ0) is 36.3. The number of hydrogen-bond donors (Lipinski definition) is 0. The molecule has 0 saturated carbocycles. The van der Waals surface area contributed by atoms with Crippen LogP contribution in [0, 0.1) is 13.8 Å². The largest absolute Gasteiger partial charge is 0.491 e. The van der Waals surface area contributed by atoms with Crippen LogP contribution in [0.5, 0.6) is 11.5 Å². The Morgan fingerprint density at radius 3 is 2.32 bits per heavy atom. The highest BCUT2D eigenvalue weighted by Crippen LogP contribution is 2.40. The summed E-state index contributed by atoms with van der Waals surface area (Å²) in [5.74, 6) is -0.251. The summed E-state index contributed by atoms with van der Waals surface area (Å²) < 4.78 is 34.0. The van der Waals surface area contributed by atoms with Crippen molar-refractivity contribution in [1.82, 2.24) is 14.7 Å². The smallest absolute Gasteiger partial charge is 0.308 e. The Kier molecular flexibility index (Phi) is 10.7. The molecule has 1 unspecified atom stereocenters. The highest BCUT2D eigenvalue weighted by molar-refractivity contribution is 6.35. The van der Waals surface area contributed by atoms with Crippen LogP contribution in [-0.4, -0.2) is 85.3 Å². The van der Waals surface area contributed by atoms with Gasteiger partial charge in [-0.2, -0.15) is 0 Å². The Morgan fingerprint density at radius 2 is 1.66 bits per heavy atom. The zero-order valence-electron chi connectivity index (χ0n) is 29.9. The van der Waals surface area contributed by atoms with Gasteiger partial charge in [-0.25, -0.2) is 0 Å². The van der Waals surface area contributed by atoms with Crippen LogP contribution in [0.25, 0.3) is 0 Å². The van der Waals surface area contributed by atoms with Gasteiger partial charge in [0, 0.05) is 81.7 Å². The number of ether oxygens (including phenoxy) is 4. The van der Waals surface area contributed by atoms with E-state index >= 15 is 0 Å². The summed E-state index contributed by atoms with van der Waals surface area (Å²) in [5, 5.41) is 0.902. The average Bonchev–Trinajstić information content (AvgIpc) is 3.43. The minimum Gasteiger partial charge on any atom is -0.491 e. The molecule has 10 nitrogen and oxygen atoms in total. The maximum Gasteiger partial charge on any atom is 0.308 e. The molecule has 266 valence electrons. The lowest BCUT2D eigenvalue weighted by molar-refractivity contribution is -0.310. The molecule has 50 heavy (non-hydrogen) atoms. The SMILES string of the molecule is [2H]C1N(Cc2cc(C)c(OC(C)=O)c(C)c2)C=CN1C[C@]1(c2ccc(Cl)cc2Cl)OCC[C@@H](COc2ccc(N3CCN(C(C)=O)CC3)cc2)O1. The van der Waals surface area contributed by atoms with Crippen LogP contribution >= 0.6 is 23.2 Å². The minimum absolute atomic E-state index is 0.112. The lowest BCUT2D eigenvalue weighted by Crippen LogP contribution is -2.50. The van der Waals surface area contributed by atoms with E-state index in [0.29, 0.717) is 60.6 Å². The third-order valence-electron chi connectivity index (χ3n) is 9.10. The number of nitrogens with zero attached hydrogens (tertiary/aromatic N) is 4. The molecule has 0 N–H and O–H groups in total. The van der Waals surface area contributed by atoms with Crippen molar-refractivity contribution in [2.45, 2.75) is 52.6 Å². The van der Waals surface area contributed by atoms with E-state index in [1.165, 1.54) is 6.92 Å². The standard InChI is InChI=1S/C38H44Cl2N4O6/c1-26-19-30(20-27(2)37(26)49-29(4)46)22-41-12-13-42(25-41)24-38(35-10-5-31(39)21-36(35)40)48-18-11-34(50-38)23-47-33-8-6-32(7-9-33)44-16-14-43(15-17-44)28(3)45/h5-10,12-13,19-21,34H,11,14-18,22-25H2,1-4H3/t34-,38-/m0/s1/i25D/t25?,34-,38-. The topological polar surface area (TPSA) is 84.0 Å². The quantitative estimate of drug-likeness (QED) is 0.172. The number of benzene rings is 3. The molecule has 3 aromatic carbocycles. The number of aryl methyl sites for hydroxylation is 2. The summed E-state index contributed by atoms with van der Waals surface area (Å²) in [6, 6.07) is 17.2. The Labute approximate surface area is 305 Å². The third-order valence-corrected chi connectivity index (χ3v) is 9.65. The van der Waals surface area contributed by atoms with Crippen molar-refractivity contribution >= 4 is 40.8 Å². The second-order valence-electron chi connectivity index (χ2n) is 13.0. The summed E-state index contributed by atoms with van der Waals surface area (Å²) in [7, 11) is 0. The highest BCUT2D eigenvalue weighted by atomic mass is 35.5. The Bertz CT molecular complexity index is 1750. The van der Waals surface area contributed by atoms with Gasteiger partial charge in [-0.3, -0.25) is 9.59 Å². The van der Waals surface area contributed by atoms with E-state index in [0.717, 1.165) is 41.2 Å². The molecule has 3 atom stereocenters. The maximum absolute atomic E-state index is 11.7. The van der Waals surface area contributed by atoms with Crippen LogP contribution in [0.2, 0.25) is 10.0 Å². The molecule has 3 aliphatic heterocycles. The molecule has 0 radical (unpaired) electrons. The van der Waals surface area contributed by atoms with Crippen molar-refractivity contribution in [3.8, 4) is 11.5 Å². The van der Waals surface area contributed by atoms with Crippen molar-refractivity contribution in [3.63, 3.8) is 0 Å². The van der Waals surface area contributed by atoms with Crippen molar-refractivity contribution < 1.29 is 29.9 Å². The number of piperazine rings is 1. The van der Waals surface area contributed by atoms with Crippen molar-refractivity contribution in [2.24, 2.45) is 0 Å². The van der Waals surface area contributed by atoms with Gasteiger partial charge < -0.3 is 38.5 Å². The summed E-state index contributed by atoms with van der Waals surface area (Å²) in [5.41, 5.74) is 4.42. The predicted molar refractivity (Wildman–Crippen MR) is 193 cm³/mol. The minimum atomic E-state index is -1.29. The van der Waals surface area contributed by atoms with E-state index in [-0.39, 0.29) is 24.5 Å². The summed E-state index contributed by atoms with van der Waals surface area (Å²) in [6.07, 6.45) is 4.04. The third kappa shape index (κ3) is 8.49. The monoisotopic (exact) mass is 723 g/mol. The van der Waals surface area contributed by atoms with E-state index in [4.69, 9.17) is 43.5 Å². The first-order valence-corrected chi connectivity index (χ1v) is 17.6. The molecule has 3 heterocycles. The molecular formula is C38H44Cl2N4O6. The molecule has 0 aliphatic carbocycles. The van der Waals surface area contributed by atoms with Gasteiger partial charge in [0.1, 0.15) is 18.1 Å². The molecule has 3 aromatic rings. The van der Waals surface area contributed by atoms with Crippen LogP contribution in [0.1, 0.15) is 43.9 Å². The van der Waals surface area contributed by atoms with Crippen LogP contribution in [0.15, 0.2) is 67.0 Å². The first-order valence-electron chi connectivity index (χ1n) is 17.4. The van der Waals surface area contributed by atoms with Crippen LogP contribution in [-0.2, 0) is 31.4 Å². The fourth-order valence-electron chi connectivity index (χ4n) is 6.68. The lowest BCUT2D eigenvalue weighted by atomic mass is 10.0. The highest BCUT2D eigenvalue weighted by Gasteiger charge is 2.44. The Balaban J connectivity index is 1.13. The molecule has 2 fully saturated rings. The Morgan fingerprint density at radius 1 is 0.960 bits per heavy atom. The number of rotatable bonds is 10. The fourth-order valence-corrected chi connectivity index (χ4v) is 7.23. The lowest BCUT2D eigenvalue weighted by Gasteiger charge is -2.43. The molecule has 0 spiro atoms. The predicted octanol–water partition coefficient (Wildman–Crippen LogP) is 6.49. The number of esters is 1. The van der Waals surface area contributed by atoms with E-state index in [1.807, 2.05) is 83.4 Å². The normalized spacial score (nSPS) is 22.5. The van der Waals surface area contributed by atoms with E-state index in [1.54, 1.807) is 19.1 Å². The van der Waals surface area contributed by atoms with Gasteiger partial charge in [0.05, 0.1) is 32.3 Å². The van der Waals surface area contributed by atoms with Gasteiger partial charge in [-0.15, -0.1) is 0 Å². The summed E-state index contributed by atoms with van der Waals surface area (Å²) >= 11 is 13.1. The molecule has 3 aliphatic rings. The van der Waals surface area contributed by atoms with Crippen molar-refractivity contribution in [3.05, 3.63) is 99.3 Å². The summed E-state index contributed by atoms with van der Waals surface area (Å²) in [4.78, 5) is 31.2. The van der Waals surface area contributed by atoms with Gasteiger partial charge in [0.15, 0.2) is 0 Å². The van der Waals surface area contributed by atoms with Crippen LogP contribution < -0.4 is 14.4 Å². The van der Waals surface area contributed by atoms with E-state index in [9.17, 15) is 9.59 Å². The zero-order valence-corrected chi connectivity index (χ0v) is 30.4. The number of anilines is 1. The van der Waals surface area contributed by atoms with Crippen molar-refractivity contribution in [2.75, 3.05) is 57.5 Å². The fraction of sp³-hybridized carbons (Fsp3) is 0.421. The van der Waals surface area contributed by atoms with Crippen molar-refractivity contribution in [1.29, 1.82) is 0 Å². The van der Waals surface area contributed by atoms with Gasteiger partial charge >= 0.3 is 5.97 Å². The second kappa shape index (κ2) is 15.5. The molecule has 6 rings (SSSR count). The molecular weight excluding hydrogens is 679 g/mol. The number of carbonyl (C=O) groups excluding carboxylic acids is 2. The molecule has 2 saturated heterocycles. The molecule has 12 heteroatoms. The summed E-state index contributed by atoms with van der Waals surface area (Å²) in [6.45, 7) is 10.4. The first-order chi connectivity index (χ1) is 24.4. The Hall–Kier alpha value is -3.96. The van der Waals surface area contributed by atoms with Gasteiger partial charge in [0.2, 0.25) is 11.7 Å². The number of carbonyl (C=O) groups is 2. The van der Waals surface area contributed by atoms with Gasteiger partial charge in [0.25, 0.3) is 0 Å². The number of hydrogen-bond acceptors (Lipinski definition) is 9. The van der Waals surface area contributed by atoms with E-state index < -0.39 is 12.4 Å². The average molecular weight is 725 g/mol. The van der Waals surface area contributed by atoms with Crippen LogP contribution in [0.3, 0.4) is 0 Å². The first kappa shape index (κ1) is 34.5. The second-order valence-corrected chi connectivity index (χ2v) is 13.8. The maximum atomic E-state index is 11.7. The van der Waals surface area contributed by atoms with Gasteiger partial charge in [-0.1, -0.05) is 41.4 Å². The molecule has 0 aromatic heterocycles. The molecule has 0 bridgehead atoms. The van der Waals surface area contributed by atoms with Crippen LogP contribution in [0.4, 0.5) is 5.69 Å².